The Morgan fingerprint density at radius 3 is 2.53 bits per heavy atom. The van der Waals surface area contributed by atoms with Crippen molar-refractivity contribution in [2.75, 3.05) is 7.11 Å². The Bertz CT molecular complexity index is 1110. The lowest BCUT2D eigenvalue weighted by Gasteiger charge is -2.16. The SMILES string of the molecule is COC(=O)CCc1ccc(-c2nc(-c3ccc(OC(C)C)c(C(F)(F)F)c3)no2)c(C)c1. The van der Waals surface area contributed by atoms with Crippen LogP contribution < -0.4 is 4.74 Å². The predicted octanol–water partition coefficient (Wildman–Crippen LogP) is 5.62. The average Bonchev–Trinajstić information content (AvgIpc) is 3.21. The van der Waals surface area contributed by atoms with Crippen molar-refractivity contribution in [3.63, 3.8) is 0 Å². The maximum atomic E-state index is 13.5. The predicted molar refractivity (Wildman–Crippen MR) is 111 cm³/mol. The van der Waals surface area contributed by atoms with Gasteiger partial charge in [-0.05, 0) is 62.6 Å². The molecule has 6 nitrogen and oxygen atoms in total. The van der Waals surface area contributed by atoms with Crippen LogP contribution in [-0.2, 0) is 22.1 Å². The van der Waals surface area contributed by atoms with Crippen molar-refractivity contribution in [1.29, 1.82) is 0 Å². The van der Waals surface area contributed by atoms with Gasteiger partial charge in [-0.2, -0.15) is 18.2 Å². The molecule has 0 saturated carbocycles. The lowest BCUT2D eigenvalue weighted by atomic mass is 10.0. The van der Waals surface area contributed by atoms with Gasteiger partial charge in [0.2, 0.25) is 5.82 Å². The van der Waals surface area contributed by atoms with Gasteiger partial charge in [-0.25, -0.2) is 0 Å². The molecule has 3 aromatic rings. The molecule has 0 radical (unpaired) electrons. The number of rotatable bonds is 7. The van der Waals surface area contributed by atoms with Crippen molar-refractivity contribution in [1.82, 2.24) is 10.1 Å². The highest BCUT2D eigenvalue weighted by Gasteiger charge is 2.35. The van der Waals surface area contributed by atoms with Gasteiger partial charge in [0.1, 0.15) is 5.75 Å². The maximum Gasteiger partial charge on any atom is 0.419 e. The molecule has 0 saturated heterocycles. The van der Waals surface area contributed by atoms with Crippen molar-refractivity contribution in [2.24, 2.45) is 0 Å². The van der Waals surface area contributed by atoms with Crippen molar-refractivity contribution in [3.8, 4) is 28.6 Å². The van der Waals surface area contributed by atoms with Crippen molar-refractivity contribution < 1.29 is 32.0 Å². The number of halogens is 3. The summed E-state index contributed by atoms with van der Waals surface area (Å²) in [6.45, 7) is 5.16. The van der Waals surface area contributed by atoms with Gasteiger partial charge in [0.15, 0.2) is 0 Å². The number of carbonyl (C=O) groups excluding carboxylic acids is 1. The van der Waals surface area contributed by atoms with Gasteiger partial charge in [-0.1, -0.05) is 17.3 Å². The summed E-state index contributed by atoms with van der Waals surface area (Å²) in [6.07, 6.45) is -4.22. The van der Waals surface area contributed by atoms with Crippen LogP contribution in [0.25, 0.3) is 22.8 Å². The van der Waals surface area contributed by atoms with Gasteiger partial charge in [0, 0.05) is 17.5 Å². The number of hydrogen-bond acceptors (Lipinski definition) is 6. The summed E-state index contributed by atoms with van der Waals surface area (Å²) >= 11 is 0. The highest BCUT2D eigenvalue weighted by molar-refractivity contribution is 5.69. The quantitative estimate of drug-likeness (QED) is 0.437. The van der Waals surface area contributed by atoms with Crippen LogP contribution >= 0.6 is 0 Å². The molecule has 2 aromatic carbocycles. The Labute approximate surface area is 183 Å². The van der Waals surface area contributed by atoms with E-state index in [0.717, 1.165) is 17.2 Å². The minimum absolute atomic E-state index is 0.0377. The first-order valence-corrected chi connectivity index (χ1v) is 9.97. The van der Waals surface area contributed by atoms with Gasteiger partial charge in [-0.3, -0.25) is 4.79 Å². The number of hydrogen-bond donors (Lipinski definition) is 0. The molecule has 1 aromatic heterocycles. The molecule has 9 heteroatoms. The maximum absolute atomic E-state index is 13.5. The fraction of sp³-hybridized carbons (Fsp3) is 0.348. The second-order valence-electron chi connectivity index (χ2n) is 7.52. The molecule has 0 atom stereocenters. The number of esters is 1. The zero-order chi connectivity index (χ0) is 23.5. The fourth-order valence-corrected chi connectivity index (χ4v) is 3.17. The first kappa shape index (κ1) is 23.3. The van der Waals surface area contributed by atoms with Crippen LogP contribution in [0.4, 0.5) is 13.2 Å². The summed E-state index contributed by atoms with van der Waals surface area (Å²) in [7, 11) is 1.34. The molecule has 0 aliphatic carbocycles. The first-order valence-electron chi connectivity index (χ1n) is 9.97. The molecule has 0 bridgehead atoms. The van der Waals surface area contributed by atoms with Crippen LogP contribution in [0.3, 0.4) is 0 Å². The molecular weight excluding hydrogens is 425 g/mol. The largest absolute Gasteiger partial charge is 0.490 e. The summed E-state index contributed by atoms with van der Waals surface area (Å²) in [5, 5.41) is 3.86. The average molecular weight is 448 g/mol. The second kappa shape index (κ2) is 9.42. The second-order valence-corrected chi connectivity index (χ2v) is 7.52. The van der Waals surface area contributed by atoms with E-state index < -0.39 is 17.8 Å². The molecule has 0 unspecified atom stereocenters. The molecule has 170 valence electrons. The normalized spacial score (nSPS) is 11.6. The van der Waals surface area contributed by atoms with E-state index in [1.165, 1.54) is 19.2 Å². The van der Waals surface area contributed by atoms with Crippen LogP contribution in [0, 0.1) is 6.92 Å². The van der Waals surface area contributed by atoms with Crippen LogP contribution in [0.15, 0.2) is 40.9 Å². The standard InChI is InChI=1S/C23H23F3N2O4/c1-13(2)31-19-9-7-16(12-18(19)23(24,25)26)21-27-22(32-28-21)17-8-5-15(11-14(17)3)6-10-20(29)30-4/h5,7-9,11-13H,6,10H2,1-4H3. The van der Waals surface area contributed by atoms with Crippen LogP contribution in [-0.4, -0.2) is 29.3 Å². The summed E-state index contributed by atoms with van der Waals surface area (Å²) in [6, 6.07) is 9.17. The fourth-order valence-electron chi connectivity index (χ4n) is 3.17. The van der Waals surface area contributed by atoms with E-state index in [1.54, 1.807) is 19.9 Å². The molecule has 3 rings (SSSR count). The van der Waals surface area contributed by atoms with Crippen molar-refractivity contribution >= 4 is 5.97 Å². The smallest absolute Gasteiger partial charge is 0.419 e. The number of alkyl halides is 3. The van der Waals surface area contributed by atoms with Gasteiger partial charge >= 0.3 is 12.1 Å². The zero-order valence-corrected chi connectivity index (χ0v) is 18.1. The lowest BCUT2D eigenvalue weighted by Crippen LogP contribution is -2.13. The summed E-state index contributed by atoms with van der Waals surface area (Å²) in [5.41, 5.74) is 1.68. The van der Waals surface area contributed by atoms with Crippen LogP contribution in [0.2, 0.25) is 0 Å². The number of aromatic nitrogens is 2. The summed E-state index contributed by atoms with van der Waals surface area (Å²) in [4.78, 5) is 15.6. The molecule has 0 N–H and O–H groups in total. The number of methoxy groups -OCH3 is 1. The topological polar surface area (TPSA) is 74.5 Å². The van der Waals surface area contributed by atoms with Gasteiger partial charge in [0.25, 0.3) is 5.89 Å². The highest BCUT2D eigenvalue weighted by atomic mass is 19.4. The Balaban J connectivity index is 1.88. The Kier molecular flexibility index (Phi) is 6.86. The molecule has 0 aliphatic rings. The summed E-state index contributed by atoms with van der Waals surface area (Å²) in [5.74, 6) is -0.321. The van der Waals surface area contributed by atoms with Gasteiger partial charge in [-0.15, -0.1) is 0 Å². The van der Waals surface area contributed by atoms with Crippen LogP contribution in [0.1, 0.15) is 37.0 Å². The van der Waals surface area contributed by atoms with Gasteiger partial charge < -0.3 is 14.0 Å². The molecule has 32 heavy (non-hydrogen) atoms. The van der Waals surface area contributed by atoms with E-state index in [4.69, 9.17) is 9.26 Å². The van der Waals surface area contributed by atoms with Crippen molar-refractivity contribution in [2.45, 2.75) is 45.9 Å². The zero-order valence-electron chi connectivity index (χ0n) is 18.1. The Hall–Kier alpha value is -3.36. The minimum atomic E-state index is -4.59. The molecule has 0 spiro atoms. The number of aryl methyl sites for hydroxylation is 2. The van der Waals surface area contributed by atoms with E-state index >= 15 is 0 Å². The molecule has 0 aliphatic heterocycles. The minimum Gasteiger partial charge on any atom is -0.490 e. The lowest BCUT2D eigenvalue weighted by molar-refractivity contribution is -0.141. The first-order chi connectivity index (χ1) is 15.1. The Morgan fingerprint density at radius 1 is 1.16 bits per heavy atom. The number of nitrogens with zero attached hydrogens (tertiary/aromatic N) is 2. The van der Waals surface area contributed by atoms with E-state index in [2.05, 4.69) is 14.9 Å². The molecule has 1 heterocycles. The number of carbonyl (C=O) groups is 1. The molecule has 0 amide bonds. The van der Waals surface area contributed by atoms with E-state index in [-0.39, 0.29) is 35.4 Å². The molecule has 0 fully saturated rings. The highest BCUT2D eigenvalue weighted by Crippen LogP contribution is 2.39. The van der Waals surface area contributed by atoms with E-state index in [0.29, 0.717) is 12.0 Å². The van der Waals surface area contributed by atoms with Crippen molar-refractivity contribution in [3.05, 3.63) is 53.1 Å². The van der Waals surface area contributed by atoms with E-state index in [1.807, 2.05) is 19.1 Å². The van der Waals surface area contributed by atoms with E-state index in [9.17, 15) is 18.0 Å². The van der Waals surface area contributed by atoms with Gasteiger partial charge in [0.05, 0.1) is 18.8 Å². The third-order valence-electron chi connectivity index (χ3n) is 4.70. The van der Waals surface area contributed by atoms with Crippen LogP contribution in [0.5, 0.6) is 5.75 Å². The summed E-state index contributed by atoms with van der Waals surface area (Å²) < 4.78 is 55.8. The number of benzene rings is 2. The number of ether oxygens (including phenoxy) is 2. The molecular formula is C23H23F3N2O4. The third-order valence-corrected chi connectivity index (χ3v) is 4.70. The third kappa shape index (κ3) is 5.46. The Morgan fingerprint density at radius 2 is 1.91 bits per heavy atom. The monoisotopic (exact) mass is 448 g/mol.